The topological polar surface area (TPSA) is 132 Å². The van der Waals surface area contributed by atoms with Gasteiger partial charge in [-0.3, -0.25) is 9.35 Å². The minimum Gasteiger partial charge on any atom is -0.379 e. The summed E-state index contributed by atoms with van der Waals surface area (Å²) >= 11 is 0. The lowest BCUT2D eigenvalue weighted by atomic mass is 10.2. The molecule has 11 heteroatoms. The van der Waals surface area contributed by atoms with Gasteiger partial charge in [0.05, 0.1) is 52.0 Å². The highest BCUT2D eigenvalue weighted by Crippen LogP contribution is 1.94. The summed E-state index contributed by atoms with van der Waals surface area (Å²) in [5, 5.41) is 5.38. The van der Waals surface area contributed by atoms with Crippen LogP contribution in [0.2, 0.25) is 0 Å². The number of amides is 1. The molecule has 0 bridgehead atoms. The lowest BCUT2D eigenvalue weighted by Crippen LogP contribution is -2.51. The molecule has 1 amide bonds. The Morgan fingerprint density at radius 1 is 0.893 bits per heavy atom. The molecule has 0 aromatic rings. The number of nitrogens with one attached hydrogen (secondary N) is 2. The van der Waals surface area contributed by atoms with Crippen molar-refractivity contribution in [3.05, 3.63) is 0 Å². The van der Waals surface area contributed by atoms with E-state index in [0.717, 1.165) is 13.0 Å². The lowest BCUT2D eigenvalue weighted by molar-refractivity contribution is -0.123. The summed E-state index contributed by atoms with van der Waals surface area (Å²) in [6.45, 7) is 9.69. The highest BCUT2D eigenvalue weighted by atomic mass is 32.2. The van der Waals surface area contributed by atoms with E-state index in [1.54, 1.807) is 13.8 Å². The summed E-state index contributed by atoms with van der Waals surface area (Å²) < 4.78 is 52.2. The second kappa shape index (κ2) is 17.1. The van der Waals surface area contributed by atoms with Crippen molar-refractivity contribution >= 4 is 16.0 Å². The van der Waals surface area contributed by atoms with Crippen LogP contribution in [-0.4, -0.2) is 96.1 Å². The molecule has 10 nitrogen and oxygen atoms in total. The van der Waals surface area contributed by atoms with Gasteiger partial charge in [-0.1, -0.05) is 20.8 Å². The molecule has 3 N–H and O–H groups in total. The Bertz CT molecular complexity index is 488. The molecular formula is C17H36N2O8S. The number of hydrogen-bond donors (Lipinski definition) is 3. The summed E-state index contributed by atoms with van der Waals surface area (Å²) in [7, 11) is -4.26. The van der Waals surface area contributed by atoms with E-state index in [0.29, 0.717) is 39.6 Å². The molecule has 0 fully saturated rings. The van der Waals surface area contributed by atoms with Crippen LogP contribution >= 0.6 is 0 Å². The van der Waals surface area contributed by atoms with Crippen LogP contribution in [0.25, 0.3) is 0 Å². The summed E-state index contributed by atoms with van der Waals surface area (Å²) in [4.78, 5) is 12.0. The Hall–Kier alpha value is -0.820. The maximum Gasteiger partial charge on any atom is 0.266 e. The highest BCUT2D eigenvalue weighted by Gasteiger charge is 2.24. The Morgan fingerprint density at radius 2 is 1.36 bits per heavy atom. The first-order chi connectivity index (χ1) is 13.3. The molecule has 0 spiro atoms. The van der Waals surface area contributed by atoms with Gasteiger partial charge in [0.1, 0.15) is 6.04 Å². The van der Waals surface area contributed by atoms with Crippen LogP contribution in [0.5, 0.6) is 0 Å². The molecule has 0 heterocycles. The van der Waals surface area contributed by atoms with E-state index >= 15 is 0 Å². The fourth-order valence-electron chi connectivity index (χ4n) is 2.09. The molecule has 0 saturated heterocycles. The number of carbonyl (C=O) groups excluding carboxylic acids is 1. The fourth-order valence-corrected chi connectivity index (χ4v) is 2.76. The predicted molar refractivity (Wildman–Crippen MR) is 105 cm³/mol. The Balaban J connectivity index is 3.63. The van der Waals surface area contributed by atoms with Crippen LogP contribution in [0.3, 0.4) is 0 Å². The first kappa shape index (κ1) is 27.2. The molecule has 0 aliphatic carbocycles. The quantitative estimate of drug-likeness (QED) is 0.189. The molecular weight excluding hydrogens is 392 g/mol. The number of rotatable bonds is 19. The van der Waals surface area contributed by atoms with Crippen molar-refractivity contribution in [3.63, 3.8) is 0 Å². The van der Waals surface area contributed by atoms with Crippen molar-refractivity contribution in [1.29, 1.82) is 0 Å². The average Bonchev–Trinajstić information content (AvgIpc) is 2.59. The fraction of sp³-hybridized carbons (Fsp3) is 0.941. The highest BCUT2D eigenvalue weighted by molar-refractivity contribution is 7.85. The number of hydrogen-bond acceptors (Lipinski definition) is 8. The van der Waals surface area contributed by atoms with E-state index < -0.39 is 27.8 Å². The van der Waals surface area contributed by atoms with E-state index in [9.17, 15) is 13.2 Å². The van der Waals surface area contributed by atoms with Gasteiger partial charge in [0.15, 0.2) is 0 Å². The third-order valence-corrected chi connectivity index (χ3v) is 3.99. The number of ether oxygens (including phenoxy) is 4. The predicted octanol–water partition coefficient (Wildman–Crippen LogP) is -0.167. The van der Waals surface area contributed by atoms with E-state index in [1.807, 2.05) is 0 Å². The summed E-state index contributed by atoms with van der Waals surface area (Å²) in [5.74, 6) is -1.19. The largest absolute Gasteiger partial charge is 0.379 e. The van der Waals surface area contributed by atoms with Crippen LogP contribution in [0.1, 0.15) is 27.2 Å². The van der Waals surface area contributed by atoms with Gasteiger partial charge in [0.2, 0.25) is 5.91 Å². The molecule has 168 valence electrons. The average molecular weight is 429 g/mol. The molecule has 28 heavy (non-hydrogen) atoms. The van der Waals surface area contributed by atoms with Crippen LogP contribution in [0, 0.1) is 0 Å². The first-order valence-electron chi connectivity index (χ1n) is 9.56. The maximum absolute atomic E-state index is 12.0. The second-order valence-electron chi connectivity index (χ2n) is 6.36. The van der Waals surface area contributed by atoms with Gasteiger partial charge in [0.25, 0.3) is 10.1 Å². The standard InChI is InChI=1S/C17H36N2O8S/c1-4-6-24-8-10-26-12-13-27-11-9-25-7-5-18-17(20)16(19-15(2)3)14-28(21,22)23/h15-16,19H,4-14H2,1-3H3,(H,18,20)(H,21,22,23). The molecule has 0 rings (SSSR count). The van der Waals surface area contributed by atoms with E-state index in [-0.39, 0.29) is 19.2 Å². The zero-order valence-corrected chi connectivity index (χ0v) is 18.0. The van der Waals surface area contributed by atoms with Gasteiger partial charge in [-0.05, 0) is 6.42 Å². The Labute approximate surface area is 168 Å². The van der Waals surface area contributed by atoms with Gasteiger partial charge in [0, 0.05) is 19.2 Å². The zero-order chi connectivity index (χ0) is 21.3. The normalized spacial score (nSPS) is 13.0. The van der Waals surface area contributed by atoms with Crippen LogP contribution in [0.15, 0.2) is 0 Å². The smallest absolute Gasteiger partial charge is 0.266 e. The summed E-state index contributed by atoms with van der Waals surface area (Å²) in [6.07, 6.45) is 0.993. The zero-order valence-electron chi connectivity index (χ0n) is 17.1. The minimum absolute atomic E-state index is 0.112. The van der Waals surface area contributed by atoms with Crippen molar-refractivity contribution in [1.82, 2.24) is 10.6 Å². The van der Waals surface area contributed by atoms with Gasteiger partial charge >= 0.3 is 0 Å². The molecule has 1 atom stereocenters. The van der Waals surface area contributed by atoms with Crippen molar-refractivity contribution < 1.29 is 36.7 Å². The van der Waals surface area contributed by atoms with Crippen molar-refractivity contribution in [3.8, 4) is 0 Å². The summed E-state index contributed by atoms with van der Waals surface area (Å²) in [6, 6.07) is -1.13. The van der Waals surface area contributed by atoms with Gasteiger partial charge < -0.3 is 29.6 Å². The SMILES string of the molecule is CCCOCCOCCOCCOCCNC(=O)C(CS(=O)(=O)O)NC(C)C. The first-order valence-corrected chi connectivity index (χ1v) is 11.2. The van der Waals surface area contributed by atoms with Crippen LogP contribution in [0.4, 0.5) is 0 Å². The molecule has 0 aromatic heterocycles. The second-order valence-corrected chi connectivity index (χ2v) is 7.86. The van der Waals surface area contributed by atoms with Crippen LogP contribution < -0.4 is 10.6 Å². The number of carbonyl (C=O) groups is 1. The Kier molecular flexibility index (Phi) is 16.6. The van der Waals surface area contributed by atoms with Crippen LogP contribution in [-0.2, 0) is 33.9 Å². The molecule has 0 saturated carbocycles. The van der Waals surface area contributed by atoms with Gasteiger partial charge in [-0.2, -0.15) is 8.42 Å². The Morgan fingerprint density at radius 3 is 1.79 bits per heavy atom. The van der Waals surface area contributed by atoms with Gasteiger partial charge in [-0.15, -0.1) is 0 Å². The van der Waals surface area contributed by atoms with Crippen molar-refractivity contribution in [2.24, 2.45) is 0 Å². The third-order valence-electron chi connectivity index (χ3n) is 3.24. The van der Waals surface area contributed by atoms with E-state index in [2.05, 4.69) is 17.6 Å². The molecule has 0 aromatic carbocycles. The molecule has 1 unspecified atom stereocenters. The van der Waals surface area contributed by atoms with Crippen molar-refractivity contribution in [2.45, 2.75) is 39.3 Å². The lowest BCUT2D eigenvalue weighted by Gasteiger charge is -2.19. The third kappa shape index (κ3) is 18.5. The van der Waals surface area contributed by atoms with E-state index in [4.69, 9.17) is 23.5 Å². The summed E-state index contributed by atoms with van der Waals surface area (Å²) in [5.41, 5.74) is 0. The molecule has 0 aliphatic rings. The van der Waals surface area contributed by atoms with Gasteiger partial charge in [-0.25, -0.2) is 0 Å². The molecule has 0 radical (unpaired) electrons. The van der Waals surface area contributed by atoms with E-state index in [1.165, 1.54) is 0 Å². The maximum atomic E-state index is 12.0. The van der Waals surface area contributed by atoms with Crippen molar-refractivity contribution in [2.75, 3.05) is 65.2 Å². The minimum atomic E-state index is -4.26. The monoisotopic (exact) mass is 428 g/mol. The molecule has 0 aliphatic heterocycles.